The van der Waals surface area contributed by atoms with Gasteiger partial charge in [-0.2, -0.15) is 4.98 Å². The van der Waals surface area contributed by atoms with Crippen LogP contribution >= 0.6 is 0 Å². The molecular weight excluding hydrogens is 242 g/mol. The summed E-state index contributed by atoms with van der Waals surface area (Å²) in [6.07, 6.45) is 3.25. The minimum absolute atomic E-state index is 0.174. The molecule has 1 aliphatic rings. The molecule has 1 aromatic carbocycles. The van der Waals surface area contributed by atoms with Crippen LogP contribution in [0.4, 0.5) is 0 Å². The molecule has 0 fully saturated rings. The van der Waals surface area contributed by atoms with Crippen molar-refractivity contribution in [3.05, 3.63) is 47.1 Å². The third-order valence-corrected chi connectivity index (χ3v) is 3.65. The van der Waals surface area contributed by atoms with Crippen LogP contribution < -0.4 is 5.73 Å². The molecule has 0 saturated carbocycles. The van der Waals surface area contributed by atoms with Gasteiger partial charge >= 0.3 is 0 Å². The van der Waals surface area contributed by atoms with Crippen molar-refractivity contribution in [1.29, 1.82) is 0 Å². The summed E-state index contributed by atoms with van der Waals surface area (Å²) in [5.41, 5.74) is 8.32. The van der Waals surface area contributed by atoms with Crippen molar-refractivity contribution >= 4 is 0 Å². The lowest BCUT2D eigenvalue weighted by Gasteiger charge is -2.22. The SMILES string of the molecule is N[C@H](CO)c1nc(C2CCCc3ccccc32)no1. The molecule has 2 atom stereocenters. The number of aliphatic hydroxyl groups is 1. The van der Waals surface area contributed by atoms with Gasteiger partial charge in [0.25, 0.3) is 0 Å². The average molecular weight is 259 g/mol. The molecule has 5 heteroatoms. The first-order valence-corrected chi connectivity index (χ1v) is 6.57. The molecule has 100 valence electrons. The standard InChI is InChI=1S/C14H17N3O2/c15-12(8-18)14-16-13(17-19-14)11-7-3-5-9-4-1-2-6-10(9)11/h1-2,4,6,11-12,18H,3,5,7-8,15H2/t11?,12-/m1/s1. The van der Waals surface area contributed by atoms with E-state index in [0.29, 0.717) is 11.7 Å². The summed E-state index contributed by atoms with van der Waals surface area (Å²) in [7, 11) is 0. The lowest BCUT2D eigenvalue weighted by Crippen LogP contribution is -2.16. The maximum Gasteiger partial charge on any atom is 0.245 e. The van der Waals surface area contributed by atoms with Gasteiger partial charge in [-0.1, -0.05) is 29.4 Å². The van der Waals surface area contributed by atoms with Crippen molar-refractivity contribution < 1.29 is 9.63 Å². The van der Waals surface area contributed by atoms with E-state index in [2.05, 4.69) is 28.3 Å². The van der Waals surface area contributed by atoms with Crippen molar-refractivity contribution in [2.75, 3.05) is 6.61 Å². The fraction of sp³-hybridized carbons (Fsp3) is 0.429. The quantitative estimate of drug-likeness (QED) is 0.873. The van der Waals surface area contributed by atoms with Crippen molar-refractivity contribution in [3.8, 4) is 0 Å². The molecule has 0 spiro atoms. The molecule has 3 N–H and O–H groups in total. The molecule has 0 amide bonds. The predicted octanol–water partition coefficient (Wildman–Crippen LogP) is 1.53. The first-order valence-electron chi connectivity index (χ1n) is 6.57. The summed E-state index contributed by atoms with van der Waals surface area (Å²) in [5, 5.41) is 13.0. The summed E-state index contributed by atoms with van der Waals surface area (Å²) in [6, 6.07) is 7.78. The Morgan fingerprint density at radius 2 is 2.26 bits per heavy atom. The maximum atomic E-state index is 9.01. The molecule has 1 aromatic heterocycles. The molecule has 1 aliphatic carbocycles. The monoisotopic (exact) mass is 259 g/mol. The van der Waals surface area contributed by atoms with Crippen molar-refractivity contribution in [3.63, 3.8) is 0 Å². The van der Waals surface area contributed by atoms with Crippen LogP contribution in [0.1, 0.15) is 47.6 Å². The van der Waals surface area contributed by atoms with Gasteiger partial charge in [-0.05, 0) is 30.4 Å². The Labute approximate surface area is 111 Å². The number of rotatable bonds is 3. The lowest BCUT2D eigenvalue weighted by molar-refractivity contribution is 0.236. The second kappa shape index (κ2) is 5.11. The molecule has 2 aromatic rings. The molecule has 1 unspecified atom stereocenters. The Morgan fingerprint density at radius 3 is 3.11 bits per heavy atom. The minimum Gasteiger partial charge on any atom is -0.394 e. The zero-order valence-corrected chi connectivity index (χ0v) is 10.6. The van der Waals surface area contributed by atoms with Crippen LogP contribution in [0.25, 0.3) is 0 Å². The summed E-state index contributed by atoms with van der Waals surface area (Å²) in [4.78, 5) is 4.34. The second-order valence-electron chi connectivity index (χ2n) is 4.92. The lowest BCUT2D eigenvalue weighted by atomic mass is 9.82. The summed E-state index contributed by atoms with van der Waals surface area (Å²) < 4.78 is 5.14. The molecule has 0 radical (unpaired) electrons. The number of aromatic nitrogens is 2. The van der Waals surface area contributed by atoms with Gasteiger partial charge in [0.2, 0.25) is 5.89 Å². The number of aryl methyl sites for hydroxylation is 1. The summed E-state index contributed by atoms with van der Waals surface area (Å²) in [5.74, 6) is 1.15. The van der Waals surface area contributed by atoms with Crippen LogP contribution in [-0.4, -0.2) is 21.9 Å². The van der Waals surface area contributed by atoms with Gasteiger partial charge in [0, 0.05) is 5.92 Å². The van der Waals surface area contributed by atoms with Gasteiger partial charge in [-0.25, -0.2) is 0 Å². The van der Waals surface area contributed by atoms with Gasteiger partial charge in [0.15, 0.2) is 5.82 Å². The zero-order chi connectivity index (χ0) is 13.2. The fourth-order valence-corrected chi connectivity index (χ4v) is 2.64. The van der Waals surface area contributed by atoms with E-state index < -0.39 is 6.04 Å². The number of hydrogen-bond donors (Lipinski definition) is 2. The van der Waals surface area contributed by atoms with E-state index in [-0.39, 0.29) is 12.5 Å². The Hall–Kier alpha value is -1.72. The van der Waals surface area contributed by atoms with E-state index in [1.54, 1.807) is 0 Å². The number of nitrogens with zero attached hydrogens (tertiary/aromatic N) is 2. The van der Waals surface area contributed by atoms with Gasteiger partial charge in [0.1, 0.15) is 6.04 Å². The number of aliphatic hydroxyl groups excluding tert-OH is 1. The Morgan fingerprint density at radius 1 is 1.42 bits per heavy atom. The summed E-state index contributed by atoms with van der Waals surface area (Å²) in [6.45, 7) is -0.192. The van der Waals surface area contributed by atoms with E-state index in [1.165, 1.54) is 11.1 Å². The van der Waals surface area contributed by atoms with E-state index in [1.807, 2.05) is 6.07 Å². The molecule has 0 bridgehead atoms. The highest BCUT2D eigenvalue weighted by Gasteiger charge is 2.26. The predicted molar refractivity (Wildman–Crippen MR) is 69.5 cm³/mol. The van der Waals surface area contributed by atoms with Gasteiger partial charge in [-0.3, -0.25) is 0 Å². The minimum atomic E-state index is -0.597. The highest BCUT2D eigenvalue weighted by molar-refractivity contribution is 5.36. The molecule has 0 saturated heterocycles. The van der Waals surface area contributed by atoms with Crippen molar-refractivity contribution in [1.82, 2.24) is 10.1 Å². The van der Waals surface area contributed by atoms with Crippen LogP contribution in [0.5, 0.6) is 0 Å². The van der Waals surface area contributed by atoms with Gasteiger partial charge < -0.3 is 15.4 Å². The Balaban J connectivity index is 1.93. The van der Waals surface area contributed by atoms with E-state index >= 15 is 0 Å². The van der Waals surface area contributed by atoms with Crippen molar-refractivity contribution in [2.24, 2.45) is 5.73 Å². The highest BCUT2D eigenvalue weighted by Crippen LogP contribution is 2.35. The van der Waals surface area contributed by atoms with Crippen LogP contribution in [0.15, 0.2) is 28.8 Å². The molecule has 19 heavy (non-hydrogen) atoms. The highest BCUT2D eigenvalue weighted by atomic mass is 16.5. The van der Waals surface area contributed by atoms with Crippen LogP contribution in [-0.2, 0) is 6.42 Å². The number of hydrogen-bond acceptors (Lipinski definition) is 5. The smallest absolute Gasteiger partial charge is 0.245 e. The van der Waals surface area contributed by atoms with Gasteiger partial charge in [0.05, 0.1) is 6.61 Å². The van der Waals surface area contributed by atoms with Gasteiger partial charge in [-0.15, -0.1) is 0 Å². The normalized spacial score (nSPS) is 20.0. The Bertz CT molecular complexity index is 567. The number of nitrogens with two attached hydrogens (primary N) is 1. The van der Waals surface area contributed by atoms with E-state index in [0.717, 1.165) is 19.3 Å². The fourth-order valence-electron chi connectivity index (χ4n) is 2.64. The van der Waals surface area contributed by atoms with E-state index in [4.69, 9.17) is 15.4 Å². The molecular formula is C14H17N3O2. The third-order valence-electron chi connectivity index (χ3n) is 3.65. The van der Waals surface area contributed by atoms with Crippen LogP contribution in [0.3, 0.4) is 0 Å². The van der Waals surface area contributed by atoms with Crippen molar-refractivity contribution in [2.45, 2.75) is 31.2 Å². The van der Waals surface area contributed by atoms with Crippen LogP contribution in [0, 0.1) is 0 Å². The first kappa shape index (κ1) is 12.3. The van der Waals surface area contributed by atoms with E-state index in [9.17, 15) is 0 Å². The first-order chi connectivity index (χ1) is 9.29. The Kier molecular flexibility index (Phi) is 3.31. The number of fused-ring (bicyclic) bond motifs is 1. The molecule has 3 rings (SSSR count). The average Bonchev–Trinajstić information content (AvgIpc) is 2.95. The molecule has 0 aliphatic heterocycles. The zero-order valence-electron chi connectivity index (χ0n) is 10.6. The third kappa shape index (κ3) is 2.27. The number of benzene rings is 1. The second-order valence-corrected chi connectivity index (χ2v) is 4.92. The molecule has 5 nitrogen and oxygen atoms in total. The topological polar surface area (TPSA) is 85.2 Å². The van der Waals surface area contributed by atoms with Crippen LogP contribution in [0.2, 0.25) is 0 Å². The molecule has 1 heterocycles. The maximum absolute atomic E-state index is 9.01. The largest absolute Gasteiger partial charge is 0.394 e. The summed E-state index contributed by atoms with van der Waals surface area (Å²) >= 11 is 0.